The number of carbonyl (C=O) groups is 4. The lowest BCUT2D eigenvalue weighted by atomic mass is 9.83. The zero-order valence-corrected chi connectivity index (χ0v) is 64.3. The number of nitrogens with two attached hydrogens (primary N) is 1. The second-order valence-electron chi connectivity index (χ2n) is 31.4. The summed E-state index contributed by atoms with van der Waals surface area (Å²) < 4.78 is 0. The van der Waals surface area contributed by atoms with Gasteiger partial charge < -0.3 is 15.5 Å². The highest BCUT2D eigenvalue weighted by Crippen LogP contribution is 2.52. The number of para-hydroxylation sites is 2. The van der Waals surface area contributed by atoms with Crippen LogP contribution in [0, 0.1) is 22.0 Å². The van der Waals surface area contributed by atoms with Crippen LogP contribution in [0.5, 0.6) is 0 Å². The average molecular weight is 1430 g/mol. The Labute approximate surface area is 632 Å². The van der Waals surface area contributed by atoms with E-state index in [0.29, 0.717) is 45.2 Å². The SMILES string of the molecule is CCCCC(CC)CN(c1cccc(N)c1)c1ccc2c3ccc4c5c(ccc(c6cccc1c62)c53)C(=O)N(c1c(C(C)C)cccc1C(C)C)C4=O.CCCCC(CC)CN(c1cccc([N+](=O)[O-])c1)c1ccc2c3ccc4c5c(ccc(c6cccc1c62)c53)C(=O)N(c1c(C(C)C)cccc1C(C)C)C4=O. The van der Waals surface area contributed by atoms with E-state index in [0.717, 1.165) is 172 Å². The fraction of sp³-hybridized carbons (Fsp3) is 0.292. The Morgan fingerprint density at radius 1 is 0.370 bits per heavy atom. The first-order valence-electron chi connectivity index (χ1n) is 39.2. The number of nitro benzene ring substituents is 1. The van der Waals surface area contributed by atoms with E-state index in [9.17, 15) is 29.3 Å². The Morgan fingerprint density at radius 2 is 0.685 bits per heavy atom. The molecule has 108 heavy (non-hydrogen) atoms. The Hall–Kier alpha value is -11.2. The number of benzene rings is 14. The minimum absolute atomic E-state index is 0.0660. The van der Waals surface area contributed by atoms with Crippen molar-refractivity contribution >= 4 is 155 Å². The molecule has 0 saturated heterocycles. The van der Waals surface area contributed by atoms with Gasteiger partial charge in [-0.25, -0.2) is 9.80 Å². The summed E-state index contributed by atoms with van der Waals surface area (Å²) in [6.45, 7) is 27.5. The van der Waals surface area contributed by atoms with Crippen molar-refractivity contribution in [3.05, 3.63) is 249 Å². The molecule has 0 bridgehead atoms. The van der Waals surface area contributed by atoms with Gasteiger partial charge in [0.15, 0.2) is 0 Å². The first-order valence-corrected chi connectivity index (χ1v) is 39.2. The average Bonchev–Trinajstić information content (AvgIpc) is 0.700. The van der Waals surface area contributed by atoms with Gasteiger partial charge in [0.1, 0.15) is 0 Å². The Bertz CT molecular complexity index is 5740. The molecule has 2 N–H and O–H groups in total. The first kappa shape index (κ1) is 72.3. The molecule has 0 fully saturated rings. The number of amides is 4. The molecular formula is C96H96N6O6. The van der Waals surface area contributed by atoms with Gasteiger partial charge in [-0.05, 0) is 196 Å². The van der Waals surface area contributed by atoms with Crippen LogP contribution in [0.4, 0.5) is 45.5 Å². The van der Waals surface area contributed by atoms with Crippen LogP contribution in [0.25, 0.3) is 86.2 Å². The molecule has 546 valence electrons. The molecule has 14 aromatic carbocycles. The highest BCUT2D eigenvalue weighted by Gasteiger charge is 2.41. The topological polar surface area (TPSA) is 150 Å². The standard InChI is InChI=1S/C48H47N3O4.C48H49N3O2/c1-7-9-13-30(8-2)27-49(31-14-10-15-32(26-31)51(54)55)42-25-24-36-38-21-23-41-45-40(22-20-37(44(38)45)35-18-12-19-39(42)43(35)36)47(52)50(48(41)53)46-33(28(3)4)16-11-17-34(46)29(5)6;1-7-9-13-30(8-2)27-50(32-15-10-14-31(49)26-32)42-25-24-36-38-21-23-41-45-40(22-20-37(44(38)45)35-18-12-19-39(42)43(35)36)47(52)51(48(41)53)46-33(28(3)4)16-11-17-34(46)29(5)6/h10-12,14-26,28-30H,7-9,13,27H2,1-6H3;10-12,14-26,28-30H,7-9,13,27,49H2,1-6H3. The van der Waals surface area contributed by atoms with Crippen molar-refractivity contribution in [2.75, 3.05) is 38.4 Å². The summed E-state index contributed by atoms with van der Waals surface area (Å²) in [6.07, 6.45) is 9.01. The van der Waals surface area contributed by atoms with Gasteiger partial charge in [0.25, 0.3) is 29.3 Å². The molecule has 2 aliphatic heterocycles. The minimum atomic E-state index is -0.330. The van der Waals surface area contributed by atoms with Gasteiger partial charge in [0, 0.05) is 97.5 Å². The number of hydrogen-bond acceptors (Lipinski definition) is 9. The maximum absolute atomic E-state index is 14.7. The van der Waals surface area contributed by atoms with Gasteiger partial charge in [0.05, 0.1) is 16.3 Å². The third-order valence-corrected chi connectivity index (χ3v) is 23.5. The van der Waals surface area contributed by atoms with Crippen LogP contribution in [0.15, 0.2) is 194 Å². The van der Waals surface area contributed by atoms with Crippen LogP contribution >= 0.6 is 0 Å². The normalized spacial score (nSPS) is 13.8. The molecule has 4 amide bonds. The van der Waals surface area contributed by atoms with Gasteiger partial charge in [-0.2, -0.15) is 0 Å². The van der Waals surface area contributed by atoms with Crippen molar-refractivity contribution < 1.29 is 24.1 Å². The Balaban J connectivity index is 0.000000172. The number of anilines is 7. The quantitative estimate of drug-likeness (QED) is 0.0165. The van der Waals surface area contributed by atoms with E-state index in [-0.39, 0.29) is 57.9 Å². The number of rotatable bonds is 23. The van der Waals surface area contributed by atoms with Crippen molar-refractivity contribution in [2.24, 2.45) is 11.8 Å². The molecule has 16 rings (SSSR count). The molecule has 14 aromatic rings. The summed E-state index contributed by atoms with van der Waals surface area (Å²) >= 11 is 0. The summed E-state index contributed by atoms with van der Waals surface area (Å²) in [5, 5.41) is 28.2. The number of imide groups is 2. The third-order valence-electron chi connectivity index (χ3n) is 23.5. The monoisotopic (exact) mass is 1430 g/mol. The highest BCUT2D eigenvalue weighted by atomic mass is 16.6. The predicted octanol–water partition coefficient (Wildman–Crippen LogP) is 25.8. The zero-order valence-electron chi connectivity index (χ0n) is 64.3. The lowest BCUT2D eigenvalue weighted by molar-refractivity contribution is -0.384. The highest BCUT2D eigenvalue weighted by molar-refractivity contribution is 6.45. The summed E-state index contributed by atoms with van der Waals surface area (Å²) in [6, 6.07) is 65.1. The number of carbonyl (C=O) groups excluding carboxylic acids is 4. The Morgan fingerprint density at radius 3 is 1.03 bits per heavy atom. The summed E-state index contributed by atoms with van der Waals surface area (Å²) in [5.74, 6) is 0.352. The predicted molar refractivity (Wildman–Crippen MR) is 451 cm³/mol. The van der Waals surface area contributed by atoms with Gasteiger partial charge in [-0.1, -0.05) is 243 Å². The summed E-state index contributed by atoms with van der Waals surface area (Å²) in [5.41, 5.74) is 18.9. The molecule has 0 aromatic heterocycles. The van der Waals surface area contributed by atoms with Crippen LogP contribution in [-0.2, 0) is 0 Å². The molecule has 2 heterocycles. The number of hydrogen-bond donors (Lipinski definition) is 1. The largest absolute Gasteiger partial charge is 0.399 e. The lowest BCUT2D eigenvalue weighted by Gasteiger charge is -2.33. The number of nitrogen functional groups attached to an aromatic ring is 1. The maximum atomic E-state index is 14.7. The number of non-ortho nitro benzene ring substituents is 1. The minimum Gasteiger partial charge on any atom is -0.399 e. The number of nitro groups is 1. The van der Waals surface area contributed by atoms with Crippen molar-refractivity contribution in [3.8, 4) is 0 Å². The number of nitrogens with zero attached hydrogens (tertiary/aromatic N) is 5. The molecule has 0 aliphatic carbocycles. The molecule has 0 radical (unpaired) electrons. The fourth-order valence-electron chi connectivity index (χ4n) is 17.9. The molecule has 12 heteroatoms. The summed E-state index contributed by atoms with van der Waals surface area (Å²) in [7, 11) is 0. The molecule has 2 aliphatic rings. The number of unbranched alkanes of at least 4 members (excludes halogenated alkanes) is 2. The molecule has 12 nitrogen and oxygen atoms in total. The Kier molecular flexibility index (Phi) is 19.5. The van der Waals surface area contributed by atoms with Crippen molar-refractivity contribution in [1.29, 1.82) is 0 Å². The second-order valence-corrected chi connectivity index (χ2v) is 31.4. The van der Waals surface area contributed by atoms with E-state index in [1.807, 2.05) is 66.7 Å². The van der Waals surface area contributed by atoms with E-state index in [1.54, 1.807) is 18.2 Å². The van der Waals surface area contributed by atoms with Crippen molar-refractivity contribution in [3.63, 3.8) is 0 Å². The van der Waals surface area contributed by atoms with Crippen LogP contribution in [-0.4, -0.2) is 41.6 Å². The molecule has 0 spiro atoms. The van der Waals surface area contributed by atoms with E-state index in [1.165, 1.54) is 39.8 Å². The third kappa shape index (κ3) is 12.1. The zero-order chi connectivity index (χ0) is 75.8. The van der Waals surface area contributed by atoms with E-state index < -0.39 is 0 Å². The van der Waals surface area contributed by atoms with Gasteiger partial charge in [-0.15, -0.1) is 0 Å². The van der Waals surface area contributed by atoms with Crippen LogP contribution in [0.3, 0.4) is 0 Å². The van der Waals surface area contributed by atoms with E-state index in [4.69, 9.17) is 5.73 Å². The molecule has 2 atom stereocenters. The van der Waals surface area contributed by atoms with Crippen molar-refractivity contribution in [1.82, 2.24) is 0 Å². The summed E-state index contributed by atoms with van der Waals surface area (Å²) in [4.78, 5) is 77.9. The first-order chi connectivity index (χ1) is 52.2. The fourth-order valence-corrected chi connectivity index (χ4v) is 17.9. The lowest BCUT2D eigenvalue weighted by Crippen LogP contribution is -2.41. The number of fused-ring (bicyclic) bond motifs is 4. The second kappa shape index (κ2) is 29.1. The van der Waals surface area contributed by atoms with Crippen molar-refractivity contribution in [2.45, 2.75) is 158 Å². The van der Waals surface area contributed by atoms with Crippen LogP contribution in [0.1, 0.15) is 222 Å². The van der Waals surface area contributed by atoms with Crippen LogP contribution < -0.4 is 25.3 Å². The van der Waals surface area contributed by atoms with E-state index in [2.05, 4.69) is 202 Å². The molecule has 0 saturated carbocycles. The molecule has 2 unspecified atom stereocenters. The maximum Gasteiger partial charge on any atom is 0.271 e. The smallest absolute Gasteiger partial charge is 0.271 e. The van der Waals surface area contributed by atoms with Gasteiger partial charge >= 0.3 is 0 Å². The van der Waals surface area contributed by atoms with Gasteiger partial charge in [0.2, 0.25) is 0 Å². The van der Waals surface area contributed by atoms with E-state index >= 15 is 0 Å². The van der Waals surface area contributed by atoms with Crippen LogP contribution in [0.2, 0.25) is 0 Å². The molecular weight excluding hydrogens is 1330 g/mol. The van der Waals surface area contributed by atoms with Gasteiger partial charge in [-0.3, -0.25) is 29.3 Å².